The Labute approximate surface area is 118 Å². The number of anilines is 1. The molecule has 3 N–H and O–H groups in total. The lowest BCUT2D eigenvalue weighted by atomic mass is 9.92. The van der Waals surface area contributed by atoms with Crippen LogP contribution in [0.15, 0.2) is 18.2 Å². The Morgan fingerprint density at radius 1 is 1.40 bits per heavy atom. The van der Waals surface area contributed by atoms with Gasteiger partial charge in [0.05, 0.1) is 11.6 Å². The molecular formula is C15H20N2O3. The van der Waals surface area contributed by atoms with E-state index in [0.717, 1.165) is 19.4 Å². The lowest BCUT2D eigenvalue weighted by Crippen LogP contribution is -2.48. The number of rotatable bonds is 3. The predicted octanol–water partition coefficient (Wildman–Crippen LogP) is 2.02. The van der Waals surface area contributed by atoms with Crippen molar-refractivity contribution in [3.8, 4) is 0 Å². The minimum atomic E-state index is -0.956. The third-order valence-corrected chi connectivity index (χ3v) is 3.78. The van der Waals surface area contributed by atoms with Gasteiger partial charge in [0, 0.05) is 5.69 Å². The Kier molecular flexibility index (Phi) is 4.39. The molecule has 5 nitrogen and oxygen atoms in total. The maximum absolute atomic E-state index is 12.2. The van der Waals surface area contributed by atoms with Crippen molar-refractivity contribution in [2.45, 2.75) is 32.7 Å². The summed E-state index contributed by atoms with van der Waals surface area (Å²) in [5.41, 5.74) is 1.53. The molecule has 2 atom stereocenters. The molecule has 1 aromatic rings. The highest BCUT2D eigenvalue weighted by Crippen LogP contribution is 2.19. The molecule has 2 unspecified atom stereocenters. The normalized spacial score (nSPS) is 22.3. The van der Waals surface area contributed by atoms with Gasteiger partial charge in [-0.15, -0.1) is 0 Å². The zero-order chi connectivity index (χ0) is 14.7. The number of carboxylic acids is 1. The summed E-state index contributed by atoms with van der Waals surface area (Å²) in [6.45, 7) is 4.65. The molecule has 2 rings (SSSR count). The second kappa shape index (κ2) is 6.05. The molecule has 1 amide bonds. The van der Waals surface area contributed by atoms with Gasteiger partial charge in [-0.05, 0) is 56.0 Å². The summed E-state index contributed by atoms with van der Waals surface area (Å²) in [6, 6.07) is 4.66. The van der Waals surface area contributed by atoms with Crippen LogP contribution >= 0.6 is 0 Å². The van der Waals surface area contributed by atoms with E-state index in [-0.39, 0.29) is 17.5 Å². The largest absolute Gasteiger partial charge is 0.478 e. The van der Waals surface area contributed by atoms with E-state index in [0.29, 0.717) is 17.2 Å². The molecule has 1 aromatic carbocycles. The number of nitrogens with one attached hydrogen (secondary N) is 2. The molecule has 1 saturated heterocycles. The van der Waals surface area contributed by atoms with E-state index in [9.17, 15) is 9.59 Å². The Morgan fingerprint density at radius 3 is 2.75 bits per heavy atom. The van der Waals surface area contributed by atoms with Crippen LogP contribution in [0.2, 0.25) is 0 Å². The Bertz CT molecular complexity index is 528. The van der Waals surface area contributed by atoms with Crippen LogP contribution < -0.4 is 10.6 Å². The molecule has 0 spiro atoms. The maximum Gasteiger partial charge on any atom is 0.335 e. The van der Waals surface area contributed by atoms with Gasteiger partial charge in [0.15, 0.2) is 0 Å². The summed E-state index contributed by atoms with van der Waals surface area (Å²) >= 11 is 0. The summed E-state index contributed by atoms with van der Waals surface area (Å²) in [4.78, 5) is 23.2. The number of aromatic carboxylic acids is 1. The van der Waals surface area contributed by atoms with Crippen molar-refractivity contribution in [1.29, 1.82) is 0 Å². The van der Waals surface area contributed by atoms with Crippen LogP contribution in [0.25, 0.3) is 0 Å². The third-order valence-electron chi connectivity index (χ3n) is 3.78. The highest BCUT2D eigenvalue weighted by molar-refractivity contribution is 5.96. The topological polar surface area (TPSA) is 78.4 Å². The Morgan fingerprint density at radius 2 is 2.15 bits per heavy atom. The molecule has 1 fully saturated rings. The summed E-state index contributed by atoms with van der Waals surface area (Å²) in [5.74, 6) is -0.703. The number of benzene rings is 1. The van der Waals surface area contributed by atoms with Crippen LogP contribution in [-0.4, -0.2) is 29.6 Å². The van der Waals surface area contributed by atoms with E-state index in [1.165, 1.54) is 6.07 Å². The van der Waals surface area contributed by atoms with Gasteiger partial charge in [-0.1, -0.05) is 6.92 Å². The minimum absolute atomic E-state index is 0.0559. The molecule has 0 aromatic heterocycles. The van der Waals surface area contributed by atoms with Crippen molar-refractivity contribution in [2.24, 2.45) is 5.92 Å². The second-order valence-electron chi connectivity index (χ2n) is 5.38. The summed E-state index contributed by atoms with van der Waals surface area (Å²) in [7, 11) is 0. The monoisotopic (exact) mass is 276 g/mol. The highest BCUT2D eigenvalue weighted by Gasteiger charge is 2.27. The first-order valence-electron chi connectivity index (χ1n) is 6.87. The molecule has 5 heteroatoms. The molecule has 0 aliphatic carbocycles. The lowest BCUT2D eigenvalue weighted by molar-refractivity contribution is -0.119. The number of amides is 1. The predicted molar refractivity (Wildman–Crippen MR) is 77.0 cm³/mol. The van der Waals surface area contributed by atoms with Crippen molar-refractivity contribution < 1.29 is 14.7 Å². The quantitative estimate of drug-likeness (QED) is 0.789. The first-order valence-corrected chi connectivity index (χ1v) is 6.87. The van der Waals surface area contributed by atoms with Gasteiger partial charge in [-0.2, -0.15) is 0 Å². The van der Waals surface area contributed by atoms with Crippen LogP contribution in [0, 0.1) is 12.8 Å². The fourth-order valence-corrected chi connectivity index (χ4v) is 2.60. The fraction of sp³-hybridized carbons (Fsp3) is 0.467. The fourth-order valence-electron chi connectivity index (χ4n) is 2.60. The number of carbonyl (C=O) groups excluding carboxylic acids is 1. The molecule has 0 bridgehead atoms. The van der Waals surface area contributed by atoms with Crippen molar-refractivity contribution in [2.75, 3.05) is 11.9 Å². The SMILES string of the molecule is Cc1cc(NC(=O)C2NCCCC2C)ccc1C(=O)O. The van der Waals surface area contributed by atoms with Gasteiger partial charge < -0.3 is 15.7 Å². The number of hydrogen-bond donors (Lipinski definition) is 3. The standard InChI is InChI=1S/C15H20N2O3/c1-9-4-3-7-16-13(9)14(18)17-11-5-6-12(15(19)20)10(2)8-11/h5-6,8-9,13,16H,3-4,7H2,1-2H3,(H,17,18)(H,19,20). The van der Waals surface area contributed by atoms with Gasteiger partial charge in [0.2, 0.25) is 5.91 Å². The zero-order valence-electron chi connectivity index (χ0n) is 11.8. The number of carbonyl (C=O) groups is 2. The lowest BCUT2D eigenvalue weighted by Gasteiger charge is -2.29. The molecule has 108 valence electrons. The average molecular weight is 276 g/mol. The van der Waals surface area contributed by atoms with Crippen molar-refractivity contribution in [3.05, 3.63) is 29.3 Å². The summed E-state index contributed by atoms with van der Waals surface area (Å²) in [5, 5.41) is 15.1. The highest BCUT2D eigenvalue weighted by atomic mass is 16.4. The minimum Gasteiger partial charge on any atom is -0.478 e. The van der Waals surface area contributed by atoms with Crippen molar-refractivity contribution in [1.82, 2.24) is 5.32 Å². The molecular weight excluding hydrogens is 256 g/mol. The number of aryl methyl sites for hydroxylation is 1. The number of hydrogen-bond acceptors (Lipinski definition) is 3. The van der Waals surface area contributed by atoms with Crippen LogP contribution in [0.5, 0.6) is 0 Å². The van der Waals surface area contributed by atoms with Gasteiger partial charge in [0.25, 0.3) is 0 Å². The molecule has 0 radical (unpaired) electrons. The van der Waals surface area contributed by atoms with Gasteiger partial charge >= 0.3 is 5.97 Å². The smallest absolute Gasteiger partial charge is 0.335 e. The van der Waals surface area contributed by atoms with E-state index >= 15 is 0 Å². The van der Waals surface area contributed by atoms with Crippen LogP contribution in [0.4, 0.5) is 5.69 Å². The Hall–Kier alpha value is -1.88. The van der Waals surface area contributed by atoms with Crippen LogP contribution in [-0.2, 0) is 4.79 Å². The van der Waals surface area contributed by atoms with Crippen LogP contribution in [0.3, 0.4) is 0 Å². The van der Waals surface area contributed by atoms with E-state index in [1.54, 1.807) is 19.1 Å². The first-order chi connectivity index (χ1) is 9.49. The molecule has 0 saturated carbocycles. The average Bonchev–Trinajstić information content (AvgIpc) is 2.38. The number of carboxylic acid groups (broad SMARTS) is 1. The van der Waals surface area contributed by atoms with Gasteiger partial charge in [-0.25, -0.2) is 4.79 Å². The molecule has 20 heavy (non-hydrogen) atoms. The summed E-state index contributed by atoms with van der Waals surface area (Å²) in [6.07, 6.45) is 2.14. The van der Waals surface area contributed by atoms with Crippen molar-refractivity contribution >= 4 is 17.6 Å². The van der Waals surface area contributed by atoms with E-state index in [2.05, 4.69) is 17.6 Å². The summed E-state index contributed by atoms with van der Waals surface area (Å²) < 4.78 is 0. The first kappa shape index (κ1) is 14.5. The molecule has 1 aliphatic heterocycles. The van der Waals surface area contributed by atoms with Crippen LogP contribution in [0.1, 0.15) is 35.7 Å². The molecule has 1 aliphatic rings. The molecule has 1 heterocycles. The maximum atomic E-state index is 12.2. The number of piperidine rings is 1. The third kappa shape index (κ3) is 3.17. The zero-order valence-corrected chi connectivity index (χ0v) is 11.8. The van der Waals surface area contributed by atoms with E-state index in [1.807, 2.05) is 0 Å². The van der Waals surface area contributed by atoms with Gasteiger partial charge in [-0.3, -0.25) is 4.79 Å². The Balaban J connectivity index is 2.08. The second-order valence-corrected chi connectivity index (χ2v) is 5.38. The van der Waals surface area contributed by atoms with E-state index < -0.39 is 5.97 Å². The van der Waals surface area contributed by atoms with E-state index in [4.69, 9.17) is 5.11 Å². The van der Waals surface area contributed by atoms with Gasteiger partial charge in [0.1, 0.15) is 0 Å². The van der Waals surface area contributed by atoms with Crippen molar-refractivity contribution in [3.63, 3.8) is 0 Å².